The van der Waals surface area contributed by atoms with E-state index in [1.54, 1.807) is 30.3 Å². The number of hydrogen-bond acceptors (Lipinski definition) is 4. The SMILES string of the molecule is CCc1cccc2sc(NS(=O)(=O)c3ccccc3)nc12. The van der Waals surface area contributed by atoms with Crippen LogP contribution in [0.5, 0.6) is 0 Å². The molecule has 0 aliphatic carbocycles. The summed E-state index contributed by atoms with van der Waals surface area (Å²) in [5, 5.41) is 0.398. The van der Waals surface area contributed by atoms with Gasteiger partial charge in [0.2, 0.25) is 0 Å². The summed E-state index contributed by atoms with van der Waals surface area (Å²) < 4.78 is 28.1. The van der Waals surface area contributed by atoms with Crippen molar-refractivity contribution in [3.63, 3.8) is 0 Å². The number of sulfonamides is 1. The van der Waals surface area contributed by atoms with Gasteiger partial charge in [-0.2, -0.15) is 0 Å². The first-order valence-electron chi connectivity index (χ1n) is 6.56. The van der Waals surface area contributed by atoms with Gasteiger partial charge in [0.25, 0.3) is 10.0 Å². The Morgan fingerprint density at radius 2 is 1.86 bits per heavy atom. The average Bonchev–Trinajstić information content (AvgIpc) is 2.89. The highest BCUT2D eigenvalue weighted by molar-refractivity contribution is 7.93. The van der Waals surface area contributed by atoms with Crippen LogP contribution >= 0.6 is 11.3 Å². The summed E-state index contributed by atoms with van der Waals surface area (Å²) in [5.74, 6) is 0. The number of para-hydroxylation sites is 1. The van der Waals surface area contributed by atoms with Crippen molar-refractivity contribution in [3.8, 4) is 0 Å². The van der Waals surface area contributed by atoms with Gasteiger partial charge in [-0.05, 0) is 30.2 Å². The van der Waals surface area contributed by atoms with Crippen LogP contribution < -0.4 is 4.72 Å². The number of nitrogens with one attached hydrogen (secondary N) is 1. The van der Waals surface area contributed by atoms with Gasteiger partial charge < -0.3 is 0 Å². The summed E-state index contributed by atoms with van der Waals surface area (Å²) in [6, 6.07) is 14.2. The number of rotatable bonds is 4. The molecule has 0 aliphatic heterocycles. The number of fused-ring (bicyclic) bond motifs is 1. The molecule has 0 atom stereocenters. The van der Waals surface area contributed by atoms with Gasteiger partial charge in [0.1, 0.15) is 0 Å². The van der Waals surface area contributed by atoms with Crippen LogP contribution in [0, 0.1) is 0 Å². The zero-order valence-corrected chi connectivity index (χ0v) is 13.0. The molecular weight excluding hydrogens is 304 g/mol. The van der Waals surface area contributed by atoms with Crippen molar-refractivity contribution in [2.45, 2.75) is 18.2 Å². The van der Waals surface area contributed by atoms with Crippen LogP contribution in [-0.2, 0) is 16.4 Å². The second kappa shape index (κ2) is 5.46. The van der Waals surface area contributed by atoms with Crippen molar-refractivity contribution in [2.75, 3.05) is 4.72 Å². The molecule has 0 bridgehead atoms. The molecule has 108 valence electrons. The van der Waals surface area contributed by atoms with Gasteiger partial charge in [-0.15, -0.1) is 0 Å². The van der Waals surface area contributed by atoms with Crippen molar-refractivity contribution < 1.29 is 8.42 Å². The predicted molar refractivity (Wildman–Crippen MR) is 86.2 cm³/mol. The molecular formula is C15H14N2O2S2. The van der Waals surface area contributed by atoms with Crippen LogP contribution in [0.4, 0.5) is 5.13 Å². The van der Waals surface area contributed by atoms with E-state index in [1.165, 1.54) is 11.3 Å². The van der Waals surface area contributed by atoms with E-state index in [2.05, 4.69) is 16.6 Å². The highest BCUT2D eigenvalue weighted by Gasteiger charge is 2.16. The lowest BCUT2D eigenvalue weighted by Crippen LogP contribution is -2.12. The Hall–Kier alpha value is -1.92. The normalized spacial score (nSPS) is 11.7. The Morgan fingerprint density at radius 1 is 1.10 bits per heavy atom. The first-order valence-corrected chi connectivity index (χ1v) is 8.86. The van der Waals surface area contributed by atoms with Crippen molar-refractivity contribution in [1.29, 1.82) is 0 Å². The zero-order valence-electron chi connectivity index (χ0n) is 11.4. The van der Waals surface area contributed by atoms with Crippen molar-refractivity contribution in [3.05, 3.63) is 54.1 Å². The molecule has 0 aliphatic rings. The van der Waals surface area contributed by atoms with Gasteiger partial charge in [-0.1, -0.05) is 48.6 Å². The lowest BCUT2D eigenvalue weighted by Gasteiger charge is -2.04. The van der Waals surface area contributed by atoms with E-state index in [0.717, 1.165) is 22.2 Å². The summed E-state index contributed by atoms with van der Waals surface area (Å²) in [5.41, 5.74) is 1.99. The molecule has 0 amide bonds. The van der Waals surface area contributed by atoms with E-state index in [1.807, 2.05) is 18.2 Å². The molecule has 0 fully saturated rings. The highest BCUT2D eigenvalue weighted by Crippen LogP contribution is 2.29. The lowest BCUT2D eigenvalue weighted by atomic mass is 10.1. The fourth-order valence-electron chi connectivity index (χ4n) is 2.11. The third kappa shape index (κ3) is 2.77. The second-order valence-corrected chi connectivity index (χ2v) is 7.27. The number of anilines is 1. The Balaban J connectivity index is 1.99. The zero-order chi connectivity index (χ0) is 14.9. The van der Waals surface area contributed by atoms with E-state index in [9.17, 15) is 8.42 Å². The van der Waals surface area contributed by atoms with Crippen molar-refractivity contribution in [1.82, 2.24) is 4.98 Å². The van der Waals surface area contributed by atoms with E-state index >= 15 is 0 Å². The van der Waals surface area contributed by atoms with E-state index in [0.29, 0.717) is 5.13 Å². The molecule has 21 heavy (non-hydrogen) atoms. The number of thiazole rings is 1. The minimum absolute atomic E-state index is 0.236. The third-order valence-corrected chi connectivity index (χ3v) is 5.58. The van der Waals surface area contributed by atoms with Crippen LogP contribution in [0.25, 0.3) is 10.2 Å². The minimum atomic E-state index is -3.58. The quantitative estimate of drug-likeness (QED) is 0.798. The van der Waals surface area contributed by atoms with Gasteiger partial charge in [0.05, 0.1) is 15.1 Å². The number of nitrogens with zero attached hydrogens (tertiary/aromatic N) is 1. The Bertz CT molecular complexity index is 871. The number of hydrogen-bond donors (Lipinski definition) is 1. The lowest BCUT2D eigenvalue weighted by molar-refractivity contribution is 0.601. The Labute approximate surface area is 127 Å². The van der Waals surface area contributed by atoms with Crippen molar-refractivity contribution >= 4 is 36.7 Å². The molecule has 3 rings (SSSR count). The molecule has 1 aromatic heterocycles. The van der Waals surface area contributed by atoms with Crippen LogP contribution in [-0.4, -0.2) is 13.4 Å². The maximum atomic E-state index is 12.3. The predicted octanol–water partition coefficient (Wildman–Crippen LogP) is 3.66. The van der Waals surface area contributed by atoms with E-state index in [4.69, 9.17) is 0 Å². The number of aryl methyl sites for hydroxylation is 1. The molecule has 0 unspecified atom stereocenters. The third-order valence-electron chi connectivity index (χ3n) is 3.16. The minimum Gasteiger partial charge on any atom is -0.255 e. The topological polar surface area (TPSA) is 59.1 Å². The Kier molecular flexibility index (Phi) is 3.65. The Morgan fingerprint density at radius 3 is 2.57 bits per heavy atom. The fourth-order valence-corrected chi connectivity index (χ4v) is 4.28. The highest BCUT2D eigenvalue weighted by atomic mass is 32.2. The molecule has 6 heteroatoms. The molecule has 0 spiro atoms. The number of benzene rings is 2. The van der Waals surface area contributed by atoms with Crippen LogP contribution in [0.2, 0.25) is 0 Å². The molecule has 0 radical (unpaired) electrons. The van der Waals surface area contributed by atoms with E-state index in [-0.39, 0.29) is 4.90 Å². The van der Waals surface area contributed by atoms with Gasteiger partial charge in [0.15, 0.2) is 5.13 Å². The molecule has 0 saturated carbocycles. The fraction of sp³-hybridized carbons (Fsp3) is 0.133. The largest absolute Gasteiger partial charge is 0.263 e. The molecule has 0 saturated heterocycles. The van der Waals surface area contributed by atoms with Gasteiger partial charge in [-0.3, -0.25) is 4.72 Å². The summed E-state index contributed by atoms with van der Waals surface area (Å²) in [6.45, 7) is 2.06. The van der Waals surface area contributed by atoms with Crippen LogP contribution in [0.15, 0.2) is 53.4 Å². The summed E-state index contributed by atoms with van der Waals surface area (Å²) in [7, 11) is -3.58. The van der Waals surface area contributed by atoms with Crippen molar-refractivity contribution in [2.24, 2.45) is 0 Å². The molecule has 4 nitrogen and oxygen atoms in total. The molecule has 1 N–H and O–H groups in total. The summed E-state index contributed by atoms with van der Waals surface area (Å²) in [4.78, 5) is 4.66. The first-order chi connectivity index (χ1) is 10.1. The molecule has 1 heterocycles. The standard InChI is InChI=1S/C15H14N2O2S2/c1-2-11-7-6-10-13-14(11)16-15(20-13)17-21(18,19)12-8-4-3-5-9-12/h3-10H,2H2,1H3,(H,16,17). The maximum absolute atomic E-state index is 12.3. The van der Waals surface area contributed by atoms with Gasteiger partial charge >= 0.3 is 0 Å². The van der Waals surface area contributed by atoms with Gasteiger partial charge in [0, 0.05) is 0 Å². The smallest absolute Gasteiger partial charge is 0.255 e. The average molecular weight is 318 g/mol. The maximum Gasteiger partial charge on any atom is 0.263 e. The summed E-state index contributed by atoms with van der Waals surface area (Å²) >= 11 is 1.35. The van der Waals surface area contributed by atoms with Gasteiger partial charge in [-0.25, -0.2) is 13.4 Å². The molecule has 2 aromatic carbocycles. The van der Waals surface area contributed by atoms with Crippen LogP contribution in [0.3, 0.4) is 0 Å². The van der Waals surface area contributed by atoms with Crippen LogP contribution in [0.1, 0.15) is 12.5 Å². The summed E-state index contributed by atoms with van der Waals surface area (Å²) in [6.07, 6.45) is 0.867. The van der Waals surface area contributed by atoms with E-state index < -0.39 is 10.0 Å². The number of aromatic nitrogens is 1. The first kappa shape index (κ1) is 14.0. The second-order valence-electron chi connectivity index (χ2n) is 4.56. The monoisotopic (exact) mass is 318 g/mol. The molecule has 3 aromatic rings.